The topological polar surface area (TPSA) is 65.5 Å². The number of aromatic nitrogens is 1. The van der Waals surface area contributed by atoms with Crippen LogP contribution in [-0.4, -0.2) is 47.9 Å². The maximum atomic E-state index is 13.1. The second kappa shape index (κ2) is 10.2. The van der Waals surface area contributed by atoms with Crippen LogP contribution in [0.25, 0.3) is 6.08 Å². The molecule has 2 aromatic carbocycles. The summed E-state index contributed by atoms with van der Waals surface area (Å²) in [7, 11) is 0. The minimum absolute atomic E-state index is 0.0101. The Morgan fingerprint density at radius 2 is 1.75 bits per heavy atom. The molecule has 0 spiro atoms. The van der Waals surface area contributed by atoms with E-state index < -0.39 is 0 Å². The van der Waals surface area contributed by atoms with Crippen LogP contribution in [0.1, 0.15) is 11.3 Å². The molecule has 1 aliphatic heterocycles. The highest BCUT2D eigenvalue weighted by Gasteiger charge is 2.22. The van der Waals surface area contributed by atoms with Crippen LogP contribution in [0.15, 0.2) is 66.1 Å². The maximum Gasteiger partial charge on any atom is 0.250 e. The number of hydrogen-bond donors (Lipinski definition) is 1. The number of rotatable bonds is 6. The van der Waals surface area contributed by atoms with E-state index in [0.29, 0.717) is 37.0 Å². The summed E-state index contributed by atoms with van der Waals surface area (Å²) >= 11 is 1.30. The second-order valence-electron chi connectivity index (χ2n) is 7.40. The molecule has 0 bridgehead atoms. The molecule has 6 nitrogen and oxygen atoms in total. The Balaban J connectivity index is 1.25. The van der Waals surface area contributed by atoms with Gasteiger partial charge in [0.15, 0.2) is 5.13 Å². The first-order valence-electron chi connectivity index (χ1n) is 10.3. The van der Waals surface area contributed by atoms with Crippen LogP contribution < -0.4 is 10.2 Å². The highest BCUT2D eigenvalue weighted by molar-refractivity contribution is 7.14. The number of benzene rings is 2. The van der Waals surface area contributed by atoms with E-state index in [1.807, 2.05) is 35.2 Å². The maximum absolute atomic E-state index is 13.1. The third kappa shape index (κ3) is 5.79. The summed E-state index contributed by atoms with van der Waals surface area (Å²) in [4.78, 5) is 33.1. The van der Waals surface area contributed by atoms with Gasteiger partial charge in [0.05, 0.1) is 12.1 Å². The molecule has 0 unspecified atom stereocenters. The van der Waals surface area contributed by atoms with Crippen LogP contribution in [0.4, 0.5) is 15.2 Å². The van der Waals surface area contributed by atoms with Crippen LogP contribution >= 0.6 is 11.3 Å². The van der Waals surface area contributed by atoms with Gasteiger partial charge in [0, 0.05) is 43.3 Å². The fourth-order valence-corrected chi connectivity index (χ4v) is 4.17. The van der Waals surface area contributed by atoms with Gasteiger partial charge in [-0.15, -0.1) is 11.3 Å². The molecule has 0 saturated carbocycles. The number of carbonyl (C=O) groups is 2. The zero-order valence-corrected chi connectivity index (χ0v) is 18.2. The van der Waals surface area contributed by atoms with Crippen molar-refractivity contribution in [1.29, 1.82) is 0 Å². The molecule has 0 radical (unpaired) electrons. The lowest BCUT2D eigenvalue weighted by molar-refractivity contribution is -0.130. The number of carbonyl (C=O) groups excluding carboxylic acids is 2. The van der Waals surface area contributed by atoms with Crippen molar-refractivity contribution >= 4 is 40.0 Å². The van der Waals surface area contributed by atoms with Crippen molar-refractivity contribution in [1.82, 2.24) is 9.88 Å². The summed E-state index contributed by atoms with van der Waals surface area (Å²) in [6, 6.07) is 16.0. The smallest absolute Gasteiger partial charge is 0.250 e. The summed E-state index contributed by atoms with van der Waals surface area (Å²) in [5, 5.41) is 5.00. The zero-order chi connectivity index (χ0) is 22.3. The lowest BCUT2D eigenvalue weighted by Crippen LogP contribution is -2.49. The molecule has 32 heavy (non-hydrogen) atoms. The molecular weight excluding hydrogens is 427 g/mol. The quantitative estimate of drug-likeness (QED) is 0.580. The molecule has 0 aliphatic carbocycles. The summed E-state index contributed by atoms with van der Waals surface area (Å²) in [5.41, 5.74) is 2.54. The molecule has 1 fully saturated rings. The van der Waals surface area contributed by atoms with Crippen LogP contribution in [0.2, 0.25) is 0 Å². The van der Waals surface area contributed by atoms with Gasteiger partial charge in [-0.1, -0.05) is 30.3 Å². The van der Waals surface area contributed by atoms with Crippen LogP contribution in [-0.2, 0) is 16.0 Å². The Labute approximate surface area is 190 Å². The molecule has 4 rings (SSSR count). The Morgan fingerprint density at radius 1 is 1.03 bits per heavy atom. The number of anilines is 2. The van der Waals surface area contributed by atoms with E-state index in [2.05, 4.69) is 15.2 Å². The number of halogens is 1. The SMILES string of the molecule is O=C(/C=C/c1ccccc1)Nc1nc(CC(=O)N2CCN(c3ccc(F)cc3)CC2)cs1. The van der Waals surface area contributed by atoms with E-state index in [1.165, 1.54) is 29.5 Å². The van der Waals surface area contributed by atoms with Gasteiger partial charge in [0.2, 0.25) is 11.8 Å². The largest absolute Gasteiger partial charge is 0.368 e. The van der Waals surface area contributed by atoms with E-state index in [-0.39, 0.29) is 24.1 Å². The summed E-state index contributed by atoms with van der Waals surface area (Å²) in [5.74, 6) is -0.512. The molecule has 3 aromatic rings. The minimum atomic E-state index is -0.266. The Kier molecular flexibility index (Phi) is 6.91. The fraction of sp³-hybridized carbons (Fsp3) is 0.208. The van der Waals surface area contributed by atoms with Crippen LogP contribution in [0.3, 0.4) is 0 Å². The van der Waals surface area contributed by atoms with Crippen molar-refractivity contribution in [3.8, 4) is 0 Å². The van der Waals surface area contributed by atoms with Gasteiger partial charge in [-0.3, -0.25) is 14.9 Å². The van der Waals surface area contributed by atoms with Gasteiger partial charge in [0.25, 0.3) is 0 Å². The predicted octanol–water partition coefficient (Wildman–Crippen LogP) is 3.83. The number of nitrogens with zero attached hydrogens (tertiary/aromatic N) is 3. The van der Waals surface area contributed by atoms with Crippen molar-refractivity contribution in [2.24, 2.45) is 0 Å². The molecular formula is C24H23FN4O2S. The second-order valence-corrected chi connectivity index (χ2v) is 8.26. The van der Waals surface area contributed by atoms with Gasteiger partial charge in [0.1, 0.15) is 5.82 Å². The molecule has 2 amide bonds. The normalized spacial score (nSPS) is 14.0. The monoisotopic (exact) mass is 450 g/mol. The van der Waals surface area contributed by atoms with E-state index in [1.54, 1.807) is 23.6 Å². The fourth-order valence-electron chi connectivity index (χ4n) is 3.46. The molecule has 164 valence electrons. The van der Waals surface area contributed by atoms with Crippen LogP contribution in [0, 0.1) is 5.82 Å². The third-order valence-corrected chi connectivity index (χ3v) is 5.97. The molecule has 8 heteroatoms. The Morgan fingerprint density at radius 3 is 2.47 bits per heavy atom. The van der Waals surface area contributed by atoms with Crippen molar-refractivity contribution in [2.75, 3.05) is 36.4 Å². The highest BCUT2D eigenvalue weighted by Crippen LogP contribution is 2.19. The average Bonchev–Trinajstić information content (AvgIpc) is 3.25. The van der Waals surface area contributed by atoms with E-state index in [9.17, 15) is 14.0 Å². The molecule has 1 N–H and O–H groups in total. The van der Waals surface area contributed by atoms with Crippen molar-refractivity contribution in [2.45, 2.75) is 6.42 Å². The zero-order valence-electron chi connectivity index (χ0n) is 17.4. The molecule has 0 atom stereocenters. The van der Waals surface area contributed by atoms with Crippen molar-refractivity contribution < 1.29 is 14.0 Å². The number of nitrogens with one attached hydrogen (secondary N) is 1. The first-order valence-corrected chi connectivity index (χ1v) is 11.2. The summed E-state index contributed by atoms with van der Waals surface area (Å²) in [6.07, 6.45) is 3.39. The Bertz CT molecular complexity index is 1090. The van der Waals surface area contributed by atoms with E-state index in [0.717, 1.165) is 11.3 Å². The Hall–Kier alpha value is -3.52. The molecule has 1 aromatic heterocycles. The standard InChI is InChI=1S/C24H23FN4O2S/c25-19-7-9-21(10-8-19)28-12-14-29(15-13-28)23(31)16-20-17-32-24(26-20)27-22(30)11-6-18-4-2-1-3-5-18/h1-11,17H,12-16H2,(H,26,27,30)/b11-6+. The molecule has 1 saturated heterocycles. The number of piperazine rings is 1. The third-order valence-electron chi connectivity index (χ3n) is 5.17. The van der Waals surface area contributed by atoms with Gasteiger partial charge in [-0.25, -0.2) is 9.37 Å². The van der Waals surface area contributed by atoms with Crippen molar-refractivity contribution in [3.05, 3.63) is 83.1 Å². The lowest BCUT2D eigenvalue weighted by Gasteiger charge is -2.36. The minimum Gasteiger partial charge on any atom is -0.368 e. The van der Waals surface area contributed by atoms with Gasteiger partial charge in [-0.05, 0) is 35.9 Å². The first-order chi connectivity index (χ1) is 15.6. The first kappa shape index (κ1) is 21.7. The van der Waals surface area contributed by atoms with Gasteiger partial charge >= 0.3 is 0 Å². The van der Waals surface area contributed by atoms with Crippen molar-refractivity contribution in [3.63, 3.8) is 0 Å². The summed E-state index contributed by atoms with van der Waals surface area (Å²) in [6.45, 7) is 2.61. The van der Waals surface area contributed by atoms with E-state index in [4.69, 9.17) is 0 Å². The van der Waals surface area contributed by atoms with Gasteiger partial charge in [-0.2, -0.15) is 0 Å². The number of hydrogen-bond acceptors (Lipinski definition) is 5. The molecule has 2 heterocycles. The lowest BCUT2D eigenvalue weighted by atomic mass is 10.2. The van der Waals surface area contributed by atoms with Crippen LogP contribution in [0.5, 0.6) is 0 Å². The number of amides is 2. The number of thiazole rings is 1. The summed E-state index contributed by atoms with van der Waals surface area (Å²) < 4.78 is 13.1. The van der Waals surface area contributed by atoms with E-state index >= 15 is 0 Å². The average molecular weight is 451 g/mol. The molecule has 1 aliphatic rings. The van der Waals surface area contributed by atoms with Gasteiger partial charge < -0.3 is 9.80 Å². The highest BCUT2D eigenvalue weighted by atomic mass is 32.1. The predicted molar refractivity (Wildman–Crippen MR) is 125 cm³/mol.